The van der Waals surface area contributed by atoms with E-state index in [1.807, 2.05) is 32.2 Å². The van der Waals surface area contributed by atoms with Crippen LogP contribution in [0.5, 0.6) is 0 Å². The lowest BCUT2D eigenvalue weighted by atomic mass is 10.1. The van der Waals surface area contributed by atoms with Crippen LogP contribution in [0.2, 0.25) is 0 Å². The summed E-state index contributed by atoms with van der Waals surface area (Å²) < 4.78 is 11.3. The summed E-state index contributed by atoms with van der Waals surface area (Å²) >= 11 is 1.59. The number of ether oxygens (including phenoxy) is 2. The van der Waals surface area contributed by atoms with Crippen molar-refractivity contribution in [2.45, 2.75) is 51.9 Å². The molecule has 6 nitrogen and oxygen atoms in total. The molecule has 25 heavy (non-hydrogen) atoms. The second-order valence-electron chi connectivity index (χ2n) is 7.13. The monoisotopic (exact) mass is 365 g/mol. The number of likely N-dealkylation sites (tertiary alicyclic amines) is 1. The zero-order valence-electron chi connectivity index (χ0n) is 15.2. The van der Waals surface area contributed by atoms with Gasteiger partial charge < -0.3 is 19.7 Å². The molecule has 0 aliphatic carbocycles. The van der Waals surface area contributed by atoms with Gasteiger partial charge in [-0.1, -0.05) is 0 Å². The number of rotatable bonds is 6. The van der Waals surface area contributed by atoms with Crippen LogP contribution in [0.15, 0.2) is 11.4 Å². The van der Waals surface area contributed by atoms with E-state index in [1.54, 1.807) is 16.2 Å². The van der Waals surface area contributed by atoms with Crippen molar-refractivity contribution in [3.8, 4) is 6.07 Å². The Morgan fingerprint density at radius 1 is 1.44 bits per heavy atom. The van der Waals surface area contributed by atoms with Crippen LogP contribution in [0.4, 0.5) is 4.79 Å². The molecule has 1 aromatic heterocycles. The average Bonchev–Trinajstić information content (AvgIpc) is 3.01. The molecule has 0 unspecified atom stereocenters. The molecule has 1 saturated heterocycles. The van der Waals surface area contributed by atoms with Gasteiger partial charge in [0.1, 0.15) is 11.7 Å². The Kier molecular flexibility index (Phi) is 7.24. The molecule has 2 heterocycles. The zero-order valence-corrected chi connectivity index (χ0v) is 16.0. The Hall–Kier alpha value is -1.62. The Bertz CT molecular complexity index is 595. The molecule has 1 aromatic rings. The van der Waals surface area contributed by atoms with Crippen molar-refractivity contribution in [2.24, 2.45) is 0 Å². The van der Waals surface area contributed by atoms with Crippen LogP contribution in [0.1, 0.15) is 44.1 Å². The van der Waals surface area contributed by atoms with Crippen molar-refractivity contribution < 1.29 is 14.3 Å². The van der Waals surface area contributed by atoms with Gasteiger partial charge in [-0.25, -0.2) is 4.79 Å². The maximum Gasteiger partial charge on any atom is 0.410 e. The minimum Gasteiger partial charge on any atom is -0.444 e. The summed E-state index contributed by atoms with van der Waals surface area (Å²) in [5.41, 5.74) is 0.266. The molecular weight excluding hydrogens is 338 g/mol. The first-order chi connectivity index (χ1) is 11.9. The van der Waals surface area contributed by atoms with Crippen LogP contribution < -0.4 is 5.32 Å². The zero-order chi connectivity index (χ0) is 18.3. The summed E-state index contributed by atoms with van der Waals surface area (Å²) in [5, 5.41) is 14.0. The Morgan fingerprint density at radius 2 is 2.16 bits per heavy atom. The highest BCUT2D eigenvalue weighted by atomic mass is 32.1. The number of carbonyl (C=O) groups is 1. The maximum absolute atomic E-state index is 12.0. The van der Waals surface area contributed by atoms with Gasteiger partial charge in [-0.05, 0) is 39.7 Å². The highest BCUT2D eigenvalue weighted by Gasteiger charge is 2.26. The number of amides is 1. The first kappa shape index (κ1) is 19.7. The highest BCUT2D eigenvalue weighted by molar-refractivity contribution is 7.10. The first-order valence-electron chi connectivity index (χ1n) is 8.65. The summed E-state index contributed by atoms with van der Waals surface area (Å²) in [6, 6.07) is 4.04. The van der Waals surface area contributed by atoms with Gasteiger partial charge >= 0.3 is 6.09 Å². The van der Waals surface area contributed by atoms with Gasteiger partial charge in [-0.3, -0.25) is 0 Å². The van der Waals surface area contributed by atoms with Crippen LogP contribution in [-0.4, -0.2) is 48.9 Å². The number of hydrogen-bond acceptors (Lipinski definition) is 6. The predicted octanol–water partition coefficient (Wildman–Crippen LogP) is 3.13. The second kappa shape index (κ2) is 9.18. The predicted molar refractivity (Wildman–Crippen MR) is 97.5 cm³/mol. The average molecular weight is 365 g/mol. The topological polar surface area (TPSA) is 74.6 Å². The van der Waals surface area contributed by atoms with E-state index in [2.05, 4.69) is 11.4 Å². The summed E-state index contributed by atoms with van der Waals surface area (Å²) in [6.07, 6.45) is 1.65. The number of nitrogens with zero attached hydrogens (tertiary/aromatic N) is 2. The quantitative estimate of drug-likeness (QED) is 0.784. The molecule has 138 valence electrons. The van der Waals surface area contributed by atoms with Gasteiger partial charge in [0.2, 0.25) is 0 Å². The standard InChI is InChI=1S/C18H27N3O3S/c1-18(2,3)24-17(22)21-7-4-15(5-8-21)23-9-6-20-12-16-10-14(11-19)13-25-16/h10,13,15,20H,4-9,12H2,1-3H3. The summed E-state index contributed by atoms with van der Waals surface area (Å²) in [4.78, 5) is 14.9. The minimum atomic E-state index is -0.452. The van der Waals surface area contributed by atoms with E-state index in [0.29, 0.717) is 19.7 Å². The molecule has 1 aliphatic heterocycles. The molecule has 0 aromatic carbocycles. The van der Waals surface area contributed by atoms with Crippen LogP contribution in [0, 0.1) is 11.3 Å². The maximum atomic E-state index is 12.0. The number of nitrogens with one attached hydrogen (secondary N) is 1. The lowest BCUT2D eigenvalue weighted by Crippen LogP contribution is -2.43. The third kappa shape index (κ3) is 7.02. The fourth-order valence-corrected chi connectivity index (χ4v) is 3.35. The number of nitriles is 1. The van der Waals surface area contributed by atoms with E-state index in [1.165, 1.54) is 0 Å². The van der Waals surface area contributed by atoms with Crippen molar-refractivity contribution in [1.82, 2.24) is 10.2 Å². The lowest BCUT2D eigenvalue weighted by Gasteiger charge is -2.33. The highest BCUT2D eigenvalue weighted by Crippen LogP contribution is 2.17. The van der Waals surface area contributed by atoms with Crippen molar-refractivity contribution in [3.05, 3.63) is 21.9 Å². The van der Waals surface area contributed by atoms with Gasteiger partial charge in [0.25, 0.3) is 0 Å². The first-order valence-corrected chi connectivity index (χ1v) is 9.53. The van der Waals surface area contributed by atoms with Crippen LogP contribution in [-0.2, 0) is 16.0 Å². The smallest absolute Gasteiger partial charge is 0.410 e. The van der Waals surface area contributed by atoms with Crippen molar-refractivity contribution >= 4 is 17.4 Å². The molecule has 0 radical (unpaired) electrons. The Labute approximate surface area is 153 Å². The molecule has 0 saturated carbocycles. The normalized spacial score (nSPS) is 15.8. The van der Waals surface area contributed by atoms with E-state index in [9.17, 15) is 4.79 Å². The summed E-state index contributed by atoms with van der Waals surface area (Å²) in [6.45, 7) is 9.17. The number of carbonyl (C=O) groups excluding carboxylic acids is 1. The molecule has 1 aliphatic rings. The second-order valence-corrected chi connectivity index (χ2v) is 8.12. The van der Waals surface area contributed by atoms with Gasteiger partial charge in [-0.15, -0.1) is 11.3 Å². The number of thiophene rings is 1. The van der Waals surface area contributed by atoms with Crippen LogP contribution >= 0.6 is 11.3 Å². The third-order valence-electron chi connectivity index (χ3n) is 3.81. The molecule has 1 amide bonds. The molecule has 7 heteroatoms. The van der Waals surface area contributed by atoms with Gasteiger partial charge in [0, 0.05) is 36.4 Å². The molecular formula is C18H27N3O3S. The summed E-state index contributed by atoms with van der Waals surface area (Å²) in [7, 11) is 0. The van der Waals surface area contributed by atoms with Gasteiger partial charge in [0.15, 0.2) is 0 Å². The SMILES string of the molecule is CC(C)(C)OC(=O)N1CCC(OCCNCc2cc(C#N)cs2)CC1. The Balaban J connectivity index is 1.56. The van der Waals surface area contributed by atoms with Crippen molar-refractivity contribution in [1.29, 1.82) is 5.26 Å². The summed E-state index contributed by atoms with van der Waals surface area (Å²) in [5.74, 6) is 0. The number of piperidine rings is 1. The molecule has 0 bridgehead atoms. The molecule has 1 N–H and O–H groups in total. The fourth-order valence-electron chi connectivity index (χ4n) is 2.57. The molecule has 0 atom stereocenters. The van der Waals surface area contributed by atoms with Gasteiger partial charge in [0.05, 0.1) is 18.3 Å². The van der Waals surface area contributed by atoms with Gasteiger partial charge in [-0.2, -0.15) is 5.26 Å². The molecule has 1 fully saturated rings. The Morgan fingerprint density at radius 3 is 2.76 bits per heavy atom. The van der Waals surface area contributed by atoms with Crippen LogP contribution in [0.3, 0.4) is 0 Å². The molecule has 2 rings (SSSR count). The van der Waals surface area contributed by atoms with Crippen molar-refractivity contribution in [2.75, 3.05) is 26.2 Å². The fraction of sp³-hybridized carbons (Fsp3) is 0.667. The number of hydrogen-bond donors (Lipinski definition) is 1. The van der Waals surface area contributed by atoms with E-state index >= 15 is 0 Å². The van der Waals surface area contributed by atoms with E-state index in [0.717, 1.165) is 36.4 Å². The van der Waals surface area contributed by atoms with Crippen LogP contribution in [0.25, 0.3) is 0 Å². The van der Waals surface area contributed by atoms with E-state index in [-0.39, 0.29) is 12.2 Å². The minimum absolute atomic E-state index is 0.201. The molecule has 0 spiro atoms. The van der Waals surface area contributed by atoms with Crippen molar-refractivity contribution in [3.63, 3.8) is 0 Å². The largest absolute Gasteiger partial charge is 0.444 e. The van der Waals surface area contributed by atoms with E-state index in [4.69, 9.17) is 14.7 Å². The third-order valence-corrected chi connectivity index (χ3v) is 4.74. The van der Waals surface area contributed by atoms with E-state index < -0.39 is 5.60 Å². The lowest BCUT2D eigenvalue weighted by molar-refractivity contribution is -0.0104.